The molecule has 8 nitrogen and oxygen atoms in total. The van der Waals surface area contributed by atoms with Crippen molar-refractivity contribution >= 4 is 5.91 Å². The van der Waals surface area contributed by atoms with Gasteiger partial charge in [0.15, 0.2) is 0 Å². The van der Waals surface area contributed by atoms with E-state index in [0.717, 1.165) is 18.7 Å². The van der Waals surface area contributed by atoms with E-state index in [9.17, 15) is 9.59 Å². The Kier molecular flexibility index (Phi) is 4.04. The number of nitrogens with one attached hydrogen (secondary N) is 1. The van der Waals surface area contributed by atoms with E-state index in [4.69, 9.17) is 4.74 Å². The smallest absolute Gasteiger partial charge is 0.257 e. The van der Waals surface area contributed by atoms with E-state index >= 15 is 0 Å². The number of nitrogens with zero attached hydrogens (tertiary/aromatic N) is 4. The summed E-state index contributed by atoms with van der Waals surface area (Å²) < 4.78 is 5.71. The minimum absolute atomic E-state index is 0.128. The number of aromatic amines is 1. The summed E-state index contributed by atoms with van der Waals surface area (Å²) in [6, 6.07) is 1.42. The van der Waals surface area contributed by atoms with Gasteiger partial charge >= 0.3 is 0 Å². The summed E-state index contributed by atoms with van der Waals surface area (Å²) >= 11 is 0. The van der Waals surface area contributed by atoms with Crippen LogP contribution >= 0.6 is 0 Å². The van der Waals surface area contributed by atoms with Gasteiger partial charge in [-0.15, -0.1) is 0 Å². The fourth-order valence-electron chi connectivity index (χ4n) is 2.96. The molecular weight excluding hydrogens is 322 g/mol. The fourth-order valence-corrected chi connectivity index (χ4v) is 2.96. The molecule has 0 bridgehead atoms. The number of carbonyl (C=O) groups excluding carboxylic acids is 1. The number of aryl methyl sites for hydroxylation is 1. The predicted octanol–water partition coefficient (Wildman–Crippen LogP) is 0.959. The molecule has 3 heterocycles. The fraction of sp³-hybridized carbons (Fsp3) is 0.471. The molecule has 8 heteroatoms. The topological polar surface area (TPSA) is 101 Å². The van der Waals surface area contributed by atoms with Crippen LogP contribution in [0, 0.1) is 6.92 Å². The molecule has 0 aromatic carbocycles. The van der Waals surface area contributed by atoms with E-state index in [1.165, 1.54) is 6.07 Å². The zero-order chi connectivity index (χ0) is 17.4. The maximum absolute atomic E-state index is 12.7. The number of H-pyrrole nitrogens is 1. The molecule has 25 heavy (non-hydrogen) atoms. The van der Waals surface area contributed by atoms with Crippen LogP contribution in [0.3, 0.4) is 0 Å². The van der Waals surface area contributed by atoms with Crippen LogP contribution in [0.15, 0.2) is 23.3 Å². The Bertz CT molecular complexity index is 844. The van der Waals surface area contributed by atoms with Gasteiger partial charge in [-0.2, -0.15) is 0 Å². The van der Waals surface area contributed by atoms with E-state index in [1.807, 2.05) is 0 Å². The molecule has 1 N–H and O–H groups in total. The summed E-state index contributed by atoms with van der Waals surface area (Å²) in [6.07, 6.45) is 5.04. The lowest BCUT2D eigenvalue weighted by atomic mass is 10.1. The summed E-state index contributed by atoms with van der Waals surface area (Å²) in [6.45, 7) is 2.95. The Hall–Kier alpha value is -2.61. The van der Waals surface area contributed by atoms with Crippen LogP contribution in [-0.4, -0.2) is 50.4 Å². The SMILES string of the molecule is Cc1nc([C@H]2CN(C(=O)c3cnc(C4CC4)nc3)CCO2)cc(=O)[nH]1. The summed E-state index contributed by atoms with van der Waals surface area (Å²) in [5.41, 5.74) is 0.790. The highest BCUT2D eigenvalue weighted by Crippen LogP contribution is 2.37. The van der Waals surface area contributed by atoms with Gasteiger partial charge in [0, 0.05) is 30.9 Å². The molecule has 4 rings (SSSR count). The van der Waals surface area contributed by atoms with E-state index in [2.05, 4.69) is 19.9 Å². The lowest BCUT2D eigenvalue weighted by molar-refractivity contribution is -0.0249. The van der Waals surface area contributed by atoms with E-state index in [1.54, 1.807) is 24.2 Å². The van der Waals surface area contributed by atoms with Gasteiger partial charge in [0.05, 0.1) is 24.4 Å². The van der Waals surface area contributed by atoms with Crippen molar-refractivity contribution in [1.82, 2.24) is 24.8 Å². The molecule has 1 atom stereocenters. The first-order chi connectivity index (χ1) is 12.1. The third kappa shape index (κ3) is 3.43. The molecule has 1 aliphatic carbocycles. The summed E-state index contributed by atoms with van der Waals surface area (Å²) in [7, 11) is 0. The molecule has 2 fully saturated rings. The Morgan fingerprint density at radius 3 is 2.76 bits per heavy atom. The predicted molar refractivity (Wildman–Crippen MR) is 88.2 cm³/mol. The number of hydrogen-bond acceptors (Lipinski definition) is 6. The zero-order valence-electron chi connectivity index (χ0n) is 13.9. The molecule has 2 aromatic rings. The highest BCUT2D eigenvalue weighted by atomic mass is 16.5. The normalized spacial score (nSPS) is 20.5. The van der Waals surface area contributed by atoms with Gasteiger partial charge in [0.1, 0.15) is 17.8 Å². The van der Waals surface area contributed by atoms with Crippen molar-refractivity contribution in [2.75, 3.05) is 19.7 Å². The number of hydrogen-bond donors (Lipinski definition) is 1. The molecule has 0 radical (unpaired) electrons. The van der Waals surface area contributed by atoms with Crippen molar-refractivity contribution in [2.45, 2.75) is 31.8 Å². The Morgan fingerprint density at radius 2 is 2.08 bits per heavy atom. The minimum atomic E-state index is -0.412. The van der Waals surface area contributed by atoms with Crippen molar-refractivity contribution in [3.63, 3.8) is 0 Å². The molecule has 2 aliphatic rings. The zero-order valence-corrected chi connectivity index (χ0v) is 13.9. The van der Waals surface area contributed by atoms with Crippen LogP contribution < -0.4 is 5.56 Å². The monoisotopic (exact) mass is 341 g/mol. The third-order valence-electron chi connectivity index (χ3n) is 4.42. The number of ether oxygens (including phenoxy) is 1. The summed E-state index contributed by atoms with van der Waals surface area (Å²) in [5.74, 6) is 1.68. The Labute approximate surface area is 144 Å². The van der Waals surface area contributed by atoms with Crippen molar-refractivity contribution in [3.8, 4) is 0 Å². The number of amides is 1. The average Bonchev–Trinajstić information content (AvgIpc) is 3.46. The number of rotatable bonds is 3. The van der Waals surface area contributed by atoms with Gasteiger partial charge in [0.2, 0.25) is 0 Å². The van der Waals surface area contributed by atoms with Gasteiger partial charge in [-0.3, -0.25) is 9.59 Å². The Balaban J connectivity index is 1.49. The lowest BCUT2D eigenvalue weighted by Crippen LogP contribution is -2.42. The van der Waals surface area contributed by atoms with E-state index < -0.39 is 6.10 Å². The number of morpholine rings is 1. The summed E-state index contributed by atoms with van der Waals surface area (Å²) in [4.78, 5) is 41.6. The van der Waals surface area contributed by atoms with Crippen LogP contribution in [0.4, 0.5) is 0 Å². The van der Waals surface area contributed by atoms with Crippen LogP contribution in [0.5, 0.6) is 0 Å². The van der Waals surface area contributed by atoms with Crippen LogP contribution in [-0.2, 0) is 4.74 Å². The Morgan fingerprint density at radius 1 is 1.32 bits per heavy atom. The first-order valence-corrected chi connectivity index (χ1v) is 8.41. The second kappa shape index (κ2) is 6.36. The summed E-state index contributed by atoms with van der Waals surface area (Å²) in [5, 5.41) is 0. The largest absolute Gasteiger partial charge is 0.368 e. The standard InChI is InChI=1S/C17H19N5O3/c1-10-20-13(6-15(23)21-10)14-9-22(4-5-25-14)17(24)12-7-18-16(19-8-12)11-2-3-11/h6-8,11,14H,2-5,9H2,1H3,(H,20,21,23)/t14-/m1/s1. The average molecular weight is 341 g/mol. The molecule has 1 saturated heterocycles. The van der Waals surface area contributed by atoms with Crippen molar-refractivity contribution in [2.24, 2.45) is 0 Å². The van der Waals surface area contributed by atoms with Gasteiger partial charge < -0.3 is 14.6 Å². The molecule has 2 aromatic heterocycles. The van der Waals surface area contributed by atoms with E-state index in [-0.39, 0.29) is 11.5 Å². The first-order valence-electron chi connectivity index (χ1n) is 8.41. The maximum atomic E-state index is 12.7. The quantitative estimate of drug-likeness (QED) is 0.892. The third-order valence-corrected chi connectivity index (χ3v) is 4.42. The van der Waals surface area contributed by atoms with Crippen molar-refractivity contribution in [1.29, 1.82) is 0 Å². The van der Waals surface area contributed by atoms with Gasteiger partial charge in [-0.1, -0.05) is 0 Å². The molecule has 0 spiro atoms. The van der Waals surface area contributed by atoms with Gasteiger partial charge in [-0.25, -0.2) is 15.0 Å². The van der Waals surface area contributed by atoms with Crippen LogP contribution in [0.1, 0.15) is 52.6 Å². The van der Waals surface area contributed by atoms with Crippen molar-refractivity contribution in [3.05, 3.63) is 51.7 Å². The first kappa shape index (κ1) is 15.9. The van der Waals surface area contributed by atoms with Crippen LogP contribution in [0.2, 0.25) is 0 Å². The molecular formula is C17H19N5O3. The second-order valence-electron chi connectivity index (χ2n) is 6.47. The van der Waals surface area contributed by atoms with Gasteiger partial charge in [0.25, 0.3) is 11.5 Å². The minimum Gasteiger partial charge on any atom is -0.368 e. The van der Waals surface area contributed by atoms with Crippen LogP contribution in [0.25, 0.3) is 0 Å². The van der Waals surface area contributed by atoms with Gasteiger partial charge in [-0.05, 0) is 19.8 Å². The highest BCUT2D eigenvalue weighted by Gasteiger charge is 2.29. The molecule has 1 amide bonds. The molecule has 1 saturated carbocycles. The highest BCUT2D eigenvalue weighted by molar-refractivity contribution is 5.93. The number of aromatic nitrogens is 4. The maximum Gasteiger partial charge on any atom is 0.257 e. The second-order valence-corrected chi connectivity index (χ2v) is 6.47. The number of carbonyl (C=O) groups is 1. The van der Waals surface area contributed by atoms with E-state index in [0.29, 0.717) is 42.7 Å². The van der Waals surface area contributed by atoms with Crippen molar-refractivity contribution < 1.29 is 9.53 Å². The molecule has 1 aliphatic heterocycles. The lowest BCUT2D eigenvalue weighted by Gasteiger charge is -2.32. The molecule has 130 valence electrons. The molecule has 0 unspecified atom stereocenters.